The van der Waals surface area contributed by atoms with Crippen LogP contribution in [0.5, 0.6) is 0 Å². The molecule has 0 aromatic heterocycles. The standard InChI is InChI=1S/C12H16N2O/c1-13-11-8-5-9-14(12(11)15)10-6-3-2-4-7-10/h2-4,6-7,11,13H,5,8-9H2,1H3/t11-/m0/s1. The molecule has 3 heteroatoms. The Kier molecular flexibility index (Phi) is 3.02. The van der Waals surface area contributed by atoms with Gasteiger partial charge in [0.15, 0.2) is 0 Å². The van der Waals surface area contributed by atoms with E-state index in [4.69, 9.17) is 0 Å². The molecule has 1 aliphatic heterocycles. The number of para-hydroxylation sites is 1. The minimum atomic E-state index is -0.0149. The van der Waals surface area contributed by atoms with Crippen LogP contribution in [-0.2, 0) is 4.79 Å². The third-order valence-corrected chi connectivity index (χ3v) is 2.85. The molecule has 0 saturated carbocycles. The van der Waals surface area contributed by atoms with Crippen LogP contribution in [0, 0.1) is 0 Å². The van der Waals surface area contributed by atoms with Gasteiger partial charge in [0.2, 0.25) is 5.91 Å². The highest BCUT2D eigenvalue weighted by Crippen LogP contribution is 2.20. The van der Waals surface area contributed by atoms with Crippen LogP contribution in [0.1, 0.15) is 12.8 Å². The summed E-state index contributed by atoms with van der Waals surface area (Å²) in [6.45, 7) is 0.834. The summed E-state index contributed by atoms with van der Waals surface area (Å²) in [5.74, 6) is 0.190. The zero-order chi connectivity index (χ0) is 10.7. The van der Waals surface area contributed by atoms with E-state index in [1.54, 1.807) is 0 Å². The normalized spacial score (nSPS) is 21.8. The molecule has 1 saturated heterocycles. The van der Waals surface area contributed by atoms with E-state index in [9.17, 15) is 4.79 Å². The Labute approximate surface area is 90.1 Å². The second kappa shape index (κ2) is 4.45. The Balaban J connectivity index is 2.19. The molecule has 1 aromatic carbocycles. The average molecular weight is 204 g/mol. The molecule has 3 nitrogen and oxygen atoms in total. The Morgan fingerprint density at radius 2 is 2.07 bits per heavy atom. The van der Waals surface area contributed by atoms with Crippen molar-refractivity contribution in [2.24, 2.45) is 0 Å². The van der Waals surface area contributed by atoms with Crippen molar-refractivity contribution >= 4 is 11.6 Å². The third-order valence-electron chi connectivity index (χ3n) is 2.85. The largest absolute Gasteiger partial charge is 0.311 e. The van der Waals surface area contributed by atoms with E-state index in [0.29, 0.717) is 0 Å². The van der Waals surface area contributed by atoms with Crippen molar-refractivity contribution in [2.75, 3.05) is 18.5 Å². The second-order valence-corrected chi connectivity index (χ2v) is 3.81. The first-order valence-corrected chi connectivity index (χ1v) is 5.36. The highest BCUT2D eigenvalue weighted by Gasteiger charge is 2.27. The van der Waals surface area contributed by atoms with Gasteiger partial charge < -0.3 is 10.2 Å². The predicted molar refractivity (Wildman–Crippen MR) is 60.9 cm³/mol. The average Bonchev–Trinajstić information content (AvgIpc) is 2.30. The van der Waals surface area contributed by atoms with Crippen molar-refractivity contribution in [3.63, 3.8) is 0 Å². The SMILES string of the molecule is CN[C@H]1CCCN(c2ccccc2)C1=O. The Morgan fingerprint density at radius 1 is 1.33 bits per heavy atom. The van der Waals surface area contributed by atoms with Crippen molar-refractivity contribution in [3.05, 3.63) is 30.3 Å². The summed E-state index contributed by atoms with van der Waals surface area (Å²) >= 11 is 0. The molecule has 0 unspecified atom stereocenters. The topological polar surface area (TPSA) is 32.3 Å². The molecule has 1 fully saturated rings. The van der Waals surface area contributed by atoms with Gasteiger partial charge in [0.1, 0.15) is 0 Å². The number of amides is 1. The van der Waals surface area contributed by atoms with Gasteiger partial charge in [-0.15, -0.1) is 0 Å². The Morgan fingerprint density at radius 3 is 2.73 bits per heavy atom. The minimum absolute atomic E-state index is 0.0149. The number of nitrogens with one attached hydrogen (secondary N) is 1. The first-order chi connectivity index (χ1) is 7.33. The first kappa shape index (κ1) is 10.2. The van der Waals surface area contributed by atoms with E-state index in [0.717, 1.165) is 25.1 Å². The lowest BCUT2D eigenvalue weighted by Crippen LogP contribution is -2.49. The molecule has 1 aromatic rings. The summed E-state index contributed by atoms with van der Waals surface area (Å²) in [6.07, 6.45) is 2.00. The van der Waals surface area contributed by atoms with Crippen LogP contribution >= 0.6 is 0 Å². The van der Waals surface area contributed by atoms with Crippen molar-refractivity contribution in [1.82, 2.24) is 5.32 Å². The van der Waals surface area contributed by atoms with Gasteiger partial charge in [-0.25, -0.2) is 0 Å². The molecule has 1 atom stereocenters. The summed E-state index contributed by atoms with van der Waals surface area (Å²) in [4.78, 5) is 13.9. The summed E-state index contributed by atoms with van der Waals surface area (Å²) in [6, 6.07) is 9.84. The number of nitrogens with zero attached hydrogens (tertiary/aromatic N) is 1. The maximum Gasteiger partial charge on any atom is 0.244 e. The monoisotopic (exact) mass is 204 g/mol. The van der Waals surface area contributed by atoms with Gasteiger partial charge >= 0.3 is 0 Å². The fourth-order valence-corrected chi connectivity index (χ4v) is 2.01. The number of rotatable bonds is 2. The van der Waals surface area contributed by atoms with E-state index in [1.165, 1.54) is 0 Å². The summed E-state index contributed by atoms with van der Waals surface area (Å²) in [7, 11) is 1.84. The van der Waals surface area contributed by atoms with E-state index in [-0.39, 0.29) is 11.9 Å². The molecule has 0 aliphatic carbocycles. The molecule has 0 radical (unpaired) electrons. The smallest absolute Gasteiger partial charge is 0.244 e. The number of carbonyl (C=O) groups excluding carboxylic acids is 1. The molecule has 0 bridgehead atoms. The second-order valence-electron chi connectivity index (χ2n) is 3.81. The number of carbonyl (C=O) groups is 1. The number of hydrogen-bond donors (Lipinski definition) is 1. The number of piperidine rings is 1. The summed E-state index contributed by atoms with van der Waals surface area (Å²) in [5, 5.41) is 3.06. The van der Waals surface area contributed by atoms with Crippen LogP contribution < -0.4 is 10.2 Å². The van der Waals surface area contributed by atoms with Crippen LogP contribution in [0.3, 0.4) is 0 Å². The maximum absolute atomic E-state index is 12.0. The number of anilines is 1. The quantitative estimate of drug-likeness (QED) is 0.789. The lowest BCUT2D eigenvalue weighted by atomic mass is 10.0. The fraction of sp³-hybridized carbons (Fsp3) is 0.417. The van der Waals surface area contributed by atoms with E-state index >= 15 is 0 Å². The predicted octanol–water partition coefficient (Wildman–Crippen LogP) is 1.40. The molecule has 1 N–H and O–H groups in total. The van der Waals surface area contributed by atoms with Gasteiger partial charge in [-0.2, -0.15) is 0 Å². The summed E-state index contributed by atoms with van der Waals surface area (Å²) < 4.78 is 0. The van der Waals surface area contributed by atoms with Gasteiger partial charge in [-0.05, 0) is 32.0 Å². The Bertz CT molecular complexity index is 337. The van der Waals surface area contributed by atoms with Crippen LogP contribution in [0.25, 0.3) is 0 Å². The van der Waals surface area contributed by atoms with Crippen molar-refractivity contribution < 1.29 is 4.79 Å². The van der Waals surface area contributed by atoms with Gasteiger partial charge in [0, 0.05) is 12.2 Å². The zero-order valence-electron chi connectivity index (χ0n) is 8.94. The van der Waals surface area contributed by atoms with Crippen molar-refractivity contribution in [2.45, 2.75) is 18.9 Å². The highest BCUT2D eigenvalue weighted by atomic mass is 16.2. The fourth-order valence-electron chi connectivity index (χ4n) is 2.01. The van der Waals surface area contributed by atoms with Gasteiger partial charge in [-0.1, -0.05) is 18.2 Å². The van der Waals surface area contributed by atoms with Gasteiger partial charge in [0.25, 0.3) is 0 Å². The summed E-state index contributed by atoms with van der Waals surface area (Å²) in [5.41, 5.74) is 1.00. The molecule has 1 aliphatic rings. The zero-order valence-corrected chi connectivity index (χ0v) is 8.94. The van der Waals surface area contributed by atoms with E-state index in [2.05, 4.69) is 5.32 Å². The third kappa shape index (κ3) is 2.02. The molecule has 1 heterocycles. The van der Waals surface area contributed by atoms with Crippen LogP contribution in [0.4, 0.5) is 5.69 Å². The van der Waals surface area contributed by atoms with Gasteiger partial charge in [0.05, 0.1) is 6.04 Å². The molecule has 80 valence electrons. The lowest BCUT2D eigenvalue weighted by molar-refractivity contribution is -0.121. The van der Waals surface area contributed by atoms with Crippen LogP contribution in [0.15, 0.2) is 30.3 Å². The van der Waals surface area contributed by atoms with Gasteiger partial charge in [-0.3, -0.25) is 4.79 Å². The van der Waals surface area contributed by atoms with Crippen LogP contribution in [0.2, 0.25) is 0 Å². The molecule has 1 amide bonds. The van der Waals surface area contributed by atoms with E-state index < -0.39 is 0 Å². The number of hydrogen-bond acceptors (Lipinski definition) is 2. The molecular formula is C12H16N2O. The Hall–Kier alpha value is -1.35. The number of likely N-dealkylation sites (N-methyl/N-ethyl adjacent to an activating group) is 1. The molecule has 15 heavy (non-hydrogen) atoms. The molecule has 0 spiro atoms. The van der Waals surface area contributed by atoms with Crippen molar-refractivity contribution in [3.8, 4) is 0 Å². The van der Waals surface area contributed by atoms with Crippen molar-refractivity contribution in [1.29, 1.82) is 0 Å². The maximum atomic E-state index is 12.0. The first-order valence-electron chi connectivity index (χ1n) is 5.36. The lowest BCUT2D eigenvalue weighted by Gasteiger charge is -2.32. The molecule has 2 rings (SSSR count). The highest BCUT2D eigenvalue weighted by molar-refractivity contribution is 5.97. The number of benzene rings is 1. The van der Waals surface area contributed by atoms with E-state index in [1.807, 2.05) is 42.3 Å². The van der Waals surface area contributed by atoms with Crippen LogP contribution in [-0.4, -0.2) is 25.5 Å². The molecular weight excluding hydrogens is 188 g/mol. The minimum Gasteiger partial charge on any atom is -0.311 e.